The van der Waals surface area contributed by atoms with Crippen molar-refractivity contribution in [2.75, 3.05) is 20.1 Å². The van der Waals surface area contributed by atoms with E-state index in [1.807, 2.05) is 37.4 Å². The number of phenols is 1. The Hall–Kier alpha value is -3.82. The van der Waals surface area contributed by atoms with Crippen LogP contribution < -0.4 is 5.32 Å². The van der Waals surface area contributed by atoms with Gasteiger partial charge in [0, 0.05) is 42.6 Å². The van der Waals surface area contributed by atoms with Crippen LogP contribution in [0.5, 0.6) is 11.6 Å². The molecule has 2 aromatic carbocycles. The second-order valence-corrected chi connectivity index (χ2v) is 11.5. The number of hydrogen-bond acceptors (Lipinski definition) is 8. The van der Waals surface area contributed by atoms with Crippen molar-refractivity contribution < 1.29 is 24.9 Å². The van der Waals surface area contributed by atoms with Crippen LogP contribution in [-0.2, 0) is 23.1 Å². The molecule has 3 aromatic rings. The average Bonchev–Trinajstić information content (AvgIpc) is 2.92. The van der Waals surface area contributed by atoms with E-state index in [0.717, 1.165) is 16.7 Å². The number of fused-ring (bicyclic) bond motifs is 1. The zero-order valence-electron chi connectivity index (χ0n) is 22.8. The van der Waals surface area contributed by atoms with Crippen LogP contribution in [0.1, 0.15) is 58.6 Å². The highest BCUT2D eigenvalue weighted by Gasteiger charge is 2.65. The summed E-state index contributed by atoms with van der Waals surface area (Å²) in [5.41, 5.74) is 1.97. The van der Waals surface area contributed by atoms with Gasteiger partial charge in [0.15, 0.2) is 0 Å². The van der Waals surface area contributed by atoms with E-state index in [0.29, 0.717) is 62.1 Å². The van der Waals surface area contributed by atoms with E-state index in [9.17, 15) is 24.9 Å². The molecular formula is C31H34N4O5. The molecule has 3 aliphatic rings. The predicted octanol–water partition coefficient (Wildman–Crippen LogP) is 2.82. The van der Waals surface area contributed by atoms with Crippen molar-refractivity contribution in [3.63, 3.8) is 0 Å². The molecule has 4 N–H and O–H groups in total. The zero-order chi connectivity index (χ0) is 28.2. The summed E-state index contributed by atoms with van der Waals surface area (Å²) < 4.78 is 0. The Morgan fingerprint density at radius 2 is 1.93 bits per heavy atom. The minimum atomic E-state index is -1.12. The predicted molar refractivity (Wildman–Crippen MR) is 148 cm³/mol. The van der Waals surface area contributed by atoms with Gasteiger partial charge in [0.2, 0.25) is 5.88 Å². The molecule has 6 rings (SSSR count). The molecule has 9 nitrogen and oxygen atoms in total. The molecule has 1 saturated carbocycles. The van der Waals surface area contributed by atoms with Crippen LogP contribution in [0, 0.1) is 6.92 Å². The fraction of sp³-hybridized carbons (Fsp3) is 0.419. The summed E-state index contributed by atoms with van der Waals surface area (Å²) in [4.78, 5) is 36.2. The van der Waals surface area contributed by atoms with Crippen LogP contribution in [0.3, 0.4) is 0 Å². The van der Waals surface area contributed by atoms with E-state index in [1.165, 1.54) is 0 Å². The van der Waals surface area contributed by atoms with Crippen LogP contribution in [0.4, 0.5) is 0 Å². The van der Waals surface area contributed by atoms with Gasteiger partial charge < -0.3 is 25.5 Å². The van der Waals surface area contributed by atoms with Crippen LogP contribution in [0.2, 0.25) is 0 Å². The van der Waals surface area contributed by atoms with E-state index in [4.69, 9.17) is 0 Å². The van der Waals surface area contributed by atoms with Crippen LogP contribution >= 0.6 is 0 Å². The second-order valence-electron chi connectivity index (χ2n) is 11.5. The Kier molecular flexibility index (Phi) is 6.39. The summed E-state index contributed by atoms with van der Waals surface area (Å²) in [5.74, 6) is 0.0120. The van der Waals surface area contributed by atoms with Gasteiger partial charge in [-0.15, -0.1) is 0 Å². The number of hydrogen-bond donors (Lipinski definition) is 4. The number of likely N-dealkylation sites (N-methyl/N-ethyl adjacent to an activating group) is 1. The number of nitrogens with one attached hydrogen (secondary N) is 1. The Labute approximate surface area is 232 Å². The van der Waals surface area contributed by atoms with Gasteiger partial charge in [0.05, 0.1) is 16.7 Å². The molecule has 9 heteroatoms. The van der Waals surface area contributed by atoms with E-state index in [2.05, 4.69) is 20.2 Å². The minimum absolute atomic E-state index is 0.0660. The van der Waals surface area contributed by atoms with Crippen molar-refractivity contribution in [1.29, 1.82) is 0 Å². The fourth-order valence-corrected chi connectivity index (χ4v) is 7.24. The van der Waals surface area contributed by atoms with Gasteiger partial charge in [-0.1, -0.05) is 30.3 Å². The standard InChI is InChI=1S/C31H34N4O5/c1-18-33-17-24(29(39)34-18)20-5-3-19(4-6-20)10-13-32-28(38)23-8-7-21-15-25-31(40)11-9-22(36)16-30(31,12-14-35(25)2)26(21)27(23)37/h3-8,17,25,37,40H,9-16H2,1-2H3,(H,32,38)(H,33,34,39)/t25-,30-,31-/m1/s1. The third-order valence-electron chi connectivity index (χ3n) is 9.34. The van der Waals surface area contributed by atoms with Crippen LogP contribution in [0.15, 0.2) is 42.6 Å². The largest absolute Gasteiger partial charge is 0.507 e. The highest BCUT2D eigenvalue weighted by Crippen LogP contribution is 2.59. The molecule has 1 aromatic heterocycles. The fourth-order valence-electron chi connectivity index (χ4n) is 7.24. The van der Waals surface area contributed by atoms with E-state index < -0.39 is 16.9 Å². The van der Waals surface area contributed by atoms with Crippen LogP contribution in [-0.4, -0.2) is 73.7 Å². The topological polar surface area (TPSA) is 136 Å². The van der Waals surface area contributed by atoms with Gasteiger partial charge in [0.25, 0.3) is 5.91 Å². The maximum Gasteiger partial charge on any atom is 0.255 e. The number of carbonyl (C=O) groups excluding carboxylic acids is 2. The van der Waals surface area contributed by atoms with Gasteiger partial charge in [-0.3, -0.25) is 9.59 Å². The number of aromatic hydroxyl groups is 2. The summed E-state index contributed by atoms with van der Waals surface area (Å²) in [6, 6.07) is 11.0. The molecule has 1 saturated heterocycles. The average molecular weight is 543 g/mol. The van der Waals surface area contributed by atoms with Gasteiger partial charge in [0.1, 0.15) is 17.4 Å². The first-order valence-corrected chi connectivity index (χ1v) is 13.8. The summed E-state index contributed by atoms with van der Waals surface area (Å²) in [7, 11) is 2.00. The molecule has 1 amide bonds. The molecule has 0 radical (unpaired) electrons. The first-order valence-electron chi connectivity index (χ1n) is 13.8. The van der Waals surface area contributed by atoms with Crippen molar-refractivity contribution in [2.24, 2.45) is 0 Å². The number of piperidine rings is 1. The number of benzene rings is 2. The Bertz CT molecular complexity index is 1510. The highest BCUT2D eigenvalue weighted by molar-refractivity contribution is 5.98. The molecule has 2 heterocycles. The molecule has 2 bridgehead atoms. The first kappa shape index (κ1) is 26.4. The third kappa shape index (κ3) is 4.07. The number of ketones is 1. The number of likely N-dealkylation sites (tertiary alicyclic amines) is 1. The van der Waals surface area contributed by atoms with Crippen LogP contribution in [0.25, 0.3) is 11.1 Å². The lowest BCUT2D eigenvalue weighted by atomic mass is 9.49. The summed E-state index contributed by atoms with van der Waals surface area (Å²) in [6.07, 6.45) is 4.16. The lowest BCUT2D eigenvalue weighted by Gasteiger charge is -2.62. The number of amides is 1. The van der Waals surface area contributed by atoms with Crippen molar-refractivity contribution >= 4 is 11.7 Å². The highest BCUT2D eigenvalue weighted by atomic mass is 16.3. The van der Waals surface area contributed by atoms with Crippen molar-refractivity contribution in [2.45, 2.75) is 62.5 Å². The Balaban J connectivity index is 1.20. The van der Waals surface area contributed by atoms with Crippen molar-refractivity contribution in [1.82, 2.24) is 20.2 Å². The third-order valence-corrected chi connectivity index (χ3v) is 9.34. The van der Waals surface area contributed by atoms with Gasteiger partial charge >= 0.3 is 0 Å². The number of Topliss-reactive ketones (excluding diaryl/α,β-unsaturated/α-hetero) is 1. The lowest BCUT2D eigenvalue weighted by molar-refractivity contribution is -0.169. The number of carbonyl (C=O) groups is 2. The number of rotatable bonds is 5. The summed E-state index contributed by atoms with van der Waals surface area (Å²) in [6.45, 7) is 2.78. The van der Waals surface area contributed by atoms with E-state index in [-0.39, 0.29) is 35.4 Å². The van der Waals surface area contributed by atoms with Gasteiger partial charge in [-0.05, 0) is 69.0 Å². The molecule has 3 atom stereocenters. The molecule has 208 valence electrons. The lowest BCUT2D eigenvalue weighted by Crippen LogP contribution is -2.72. The zero-order valence-corrected chi connectivity index (χ0v) is 22.8. The number of nitrogens with zero attached hydrogens (tertiary/aromatic N) is 3. The molecule has 0 spiro atoms. The van der Waals surface area contributed by atoms with E-state index in [1.54, 1.807) is 19.2 Å². The molecule has 2 aliphatic carbocycles. The SMILES string of the molecule is Cc1ncc(-c2ccc(CCNC(=O)c3ccc4c(c3O)[C@]35CCN(C)[C@H](C4)[C@]3(O)CCC(=O)C5)cc2)c(O)n1. The first-order chi connectivity index (χ1) is 19.1. The van der Waals surface area contributed by atoms with Gasteiger partial charge in [-0.2, -0.15) is 4.98 Å². The number of phenolic OH excluding ortho intramolecular Hbond substituents is 1. The van der Waals surface area contributed by atoms with Crippen molar-refractivity contribution in [3.8, 4) is 22.8 Å². The Morgan fingerprint density at radius 1 is 1.15 bits per heavy atom. The smallest absolute Gasteiger partial charge is 0.255 e. The minimum Gasteiger partial charge on any atom is -0.507 e. The summed E-state index contributed by atoms with van der Waals surface area (Å²) >= 11 is 0. The summed E-state index contributed by atoms with van der Waals surface area (Å²) in [5, 5.41) is 36.5. The second kappa shape index (κ2) is 9.67. The monoisotopic (exact) mass is 542 g/mol. The molecule has 0 unspecified atom stereocenters. The number of aromatic nitrogens is 2. The maximum atomic E-state index is 13.2. The molecule has 1 aliphatic heterocycles. The number of aryl methyl sites for hydroxylation is 1. The molecular weight excluding hydrogens is 508 g/mol. The molecule has 2 fully saturated rings. The van der Waals surface area contributed by atoms with Gasteiger partial charge in [-0.25, -0.2) is 4.98 Å². The maximum absolute atomic E-state index is 13.2. The normalized spacial score (nSPS) is 25.7. The quantitative estimate of drug-likeness (QED) is 0.387. The Morgan fingerprint density at radius 3 is 2.67 bits per heavy atom. The van der Waals surface area contributed by atoms with Crippen molar-refractivity contribution in [3.05, 3.63) is 70.7 Å². The molecule has 40 heavy (non-hydrogen) atoms. The number of aliphatic hydroxyl groups is 1. The van der Waals surface area contributed by atoms with E-state index >= 15 is 0 Å².